The lowest BCUT2D eigenvalue weighted by Crippen LogP contribution is -2.59. The Labute approximate surface area is 92.1 Å². The number of rotatable bonds is 4. The second-order valence-electron chi connectivity index (χ2n) is 3.63. The molecule has 0 aromatic carbocycles. The van der Waals surface area contributed by atoms with Crippen LogP contribution in [0.5, 0.6) is 0 Å². The first kappa shape index (κ1) is 12.4. The standard InChI is InChI=1S/C9H14N2O5/c1-16-8(15)11-6(12)5-10-9(7(13)14)3-2-4-9/h10H,2-5H2,1H3,(H,13,14)(H,11,12,15). The molecule has 90 valence electrons. The molecule has 7 nitrogen and oxygen atoms in total. The first-order chi connectivity index (χ1) is 7.50. The van der Waals surface area contributed by atoms with Crippen molar-refractivity contribution >= 4 is 18.0 Å². The van der Waals surface area contributed by atoms with E-state index in [1.54, 1.807) is 0 Å². The number of carbonyl (C=O) groups excluding carboxylic acids is 2. The number of nitrogens with one attached hydrogen (secondary N) is 2. The van der Waals surface area contributed by atoms with Gasteiger partial charge in [0.15, 0.2) is 0 Å². The molecule has 0 heterocycles. The fourth-order valence-electron chi connectivity index (χ4n) is 1.46. The minimum atomic E-state index is -1.01. The number of alkyl carbamates (subject to hydrolysis) is 1. The number of carboxylic acid groups (broad SMARTS) is 1. The van der Waals surface area contributed by atoms with Crippen LogP contribution in [0.2, 0.25) is 0 Å². The van der Waals surface area contributed by atoms with E-state index in [9.17, 15) is 14.4 Å². The van der Waals surface area contributed by atoms with E-state index in [1.807, 2.05) is 5.32 Å². The molecule has 1 saturated carbocycles. The zero-order chi connectivity index (χ0) is 12.2. The molecule has 0 aromatic heterocycles. The molecule has 16 heavy (non-hydrogen) atoms. The van der Waals surface area contributed by atoms with Gasteiger partial charge in [0.2, 0.25) is 5.91 Å². The molecular weight excluding hydrogens is 216 g/mol. The van der Waals surface area contributed by atoms with Crippen molar-refractivity contribution < 1.29 is 24.2 Å². The minimum absolute atomic E-state index is 0.221. The summed E-state index contributed by atoms with van der Waals surface area (Å²) in [7, 11) is 1.14. The van der Waals surface area contributed by atoms with E-state index in [0.29, 0.717) is 12.8 Å². The molecule has 0 radical (unpaired) electrons. The van der Waals surface area contributed by atoms with Crippen LogP contribution in [0.25, 0.3) is 0 Å². The Morgan fingerprint density at radius 2 is 2.00 bits per heavy atom. The number of carbonyl (C=O) groups is 3. The minimum Gasteiger partial charge on any atom is -0.480 e. The van der Waals surface area contributed by atoms with Gasteiger partial charge in [-0.1, -0.05) is 0 Å². The van der Waals surface area contributed by atoms with Gasteiger partial charge in [0.05, 0.1) is 13.7 Å². The fraction of sp³-hybridized carbons (Fsp3) is 0.667. The number of imide groups is 1. The van der Waals surface area contributed by atoms with Crippen molar-refractivity contribution in [2.75, 3.05) is 13.7 Å². The summed E-state index contributed by atoms with van der Waals surface area (Å²) in [6.07, 6.45) is 0.948. The summed E-state index contributed by atoms with van der Waals surface area (Å²) >= 11 is 0. The fourth-order valence-corrected chi connectivity index (χ4v) is 1.46. The van der Waals surface area contributed by atoms with Crippen LogP contribution in [0.15, 0.2) is 0 Å². The number of hydrogen-bond donors (Lipinski definition) is 3. The normalized spacial score (nSPS) is 17.1. The number of aliphatic carboxylic acids is 1. The summed E-state index contributed by atoms with van der Waals surface area (Å²) in [6, 6.07) is 0. The van der Waals surface area contributed by atoms with Gasteiger partial charge in [-0.25, -0.2) is 4.79 Å². The molecule has 0 bridgehead atoms. The molecule has 0 atom stereocenters. The molecule has 1 aliphatic rings. The highest BCUT2D eigenvalue weighted by atomic mass is 16.5. The van der Waals surface area contributed by atoms with Crippen LogP contribution >= 0.6 is 0 Å². The first-order valence-corrected chi connectivity index (χ1v) is 4.86. The van der Waals surface area contributed by atoms with Gasteiger partial charge in [0.1, 0.15) is 5.54 Å². The van der Waals surface area contributed by atoms with Crippen LogP contribution in [0, 0.1) is 0 Å². The molecule has 0 saturated heterocycles. The molecule has 1 rings (SSSR count). The van der Waals surface area contributed by atoms with Crippen molar-refractivity contribution in [2.45, 2.75) is 24.8 Å². The molecular formula is C9H14N2O5. The van der Waals surface area contributed by atoms with E-state index in [-0.39, 0.29) is 6.54 Å². The summed E-state index contributed by atoms with van der Waals surface area (Å²) in [5.41, 5.74) is -1.01. The monoisotopic (exact) mass is 230 g/mol. The number of methoxy groups -OCH3 is 1. The topological polar surface area (TPSA) is 105 Å². The molecule has 1 aliphatic carbocycles. The maximum absolute atomic E-state index is 11.2. The second-order valence-corrected chi connectivity index (χ2v) is 3.63. The molecule has 2 amide bonds. The molecule has 1 fully saturated rings. The molecule has 0 spiro atoms. The summed E-state index contributed by atoms with van der Waals surface area (Å²) < 4.78 is 4.23. The maximum Gasteiger partial charge on any atom is 0.413 e. The smallest absolute Gasteiger partial charge is 0.413 e. The molecule has 0 unspecified atom stereocenters. The lowest BCUT2D eigenvalue weighted by molar-refractivity contribution is -0.148. The Hall–Kier alpha value is -1.63. The Kier molecular flexibility index (Phi) is 3.83. The Morgan fingerprint density at radius 3 is 2.38 bits per heavy atom. The van der Waals surface area contributed by atoms with Gasteiger partial charge in [-0.2, -0.15) is 0 Å². The van der Waals surface area contributed by atoms with Crippen LogP contribution in [-0.2, 0) is 14.3 Å². The van der Waals surface area contributed by atoms with Crippen molar-refractivity contribution in [1.29, 1.82) is 0 Å². The SMILES string of the molecule is COC(=O)NC(=O)CNC1(C(=O)O)CCC1. The molecule has 3 N–H and O–H groups in total. The highest BCUT2D eigenvalue weighted by Gasteiger charge is 2.44. The number of carboxylic acids is 1. The lowest BCUT2D eigenvalue weighted by atomic mass is 9.77. The number of ether oxygens (including phenoxy) is 1. The highest BCUT2D eigenvalue weighted by molar-refractivity contribution is 5.93. The van der Waals surface area contributed by atoms with Crippen molar-refractivity contribution in [2.24, 2.45) is 0 Å². The average Bonchev–Trinajstić information content (AvgIpc) is 2.15. The van der Waals surface area contributed by atoms with Crippen LogP contribution < -0.4 is 10.6 Å². The predicted octanol–water partition coefficient (Wildman–Crippen LogP) is -0.534. The van der Waals surface area contributed by atoms with Gasteiger partial charge in [-0.15, -0.1) is 0 Å². The van der Waals surface area contributed by atoms with E-state index in [4.69, 9.17) is 5.11 Å². The Balaban J connectivity index is 2.36. The van der Waals surface area contributed by atoms with Crippen molar-refractivity contribution in [1.82, 2.24) is 10.6 Å². The number of amides is 2. The quantitative estimate of drug-likeness (QED) is 0.599. The van der Waals surface area contributed by atoms with Gasteiger partial charge in [0.25, 0.3) is 0 Å². The van der Waals surface area contributed by atoms with E-state index >= 15 is 0 Å². The van der Waals surface area contributed by atoms with Crippen LogP contribution in [0.1, 0.15) is 19.3 Å². The maximum atomic E-state index is 11.2. The van der Waals surface area contributed by atoms with Gasteiger partial charge in [-0.3, -0.25) is 20.2 Å². The Bertz CT molecular complexity index is 311. The summed E-state index contributed by atoms with van der Waals surface area (Å²) in [4.78, 5) is 32.7. The third-order valence-electron chi connectivity index (χ3n) is 2.63. The van der Waals surface area contributed by atoms with Crippen LogP contribution in [0.4, 0.5) is 4.79 Å². The van der Waals surface area contributed by atoms with E-state index in [1.165, 1.54) is 0 Å². The predicted molar refractivity (Wildman–Crippen MR) is 52.8 cm³/mol. The third-order valence-corrected chi connectivity index (χ3v) is 2.63. The van der Waals surface area contributed by atoms with Gasteiger partial charge >= 0.3 is 12.1 Å². The molecule has 0 aliphatic heterocycles. The van der Waals surface area contributed by atoms with Gasteiger partial charge < -0.3 is 9.84 Å². The largest absolute Gasteiger partial charge is 0.480 e. The van der Waals surface area contributed by atoms with Gasteiger partial charge in [0, 0.05) is 0 Å². The zero-order valence-corrected chi connectivity index (χ0v) is 8.91. The second kappa shape index (κ2) is 4.93. The first-order valence-electron chi connectivity index (χ1n) is 4.86. The van der Waals surface area contributed by atoms with Crippen LogP contribution in [-0.4, -0.2) is 42.3 Å². The van der Waals surface area contributed by atoms with Crippen molar-refractivity contribution in [3.05, 3.63) is 0 Å². The third kappa shape index (κ3) is 2.69. The zero-order valence-electron chi connectivity index (χ0n) is 8.91. The summed E-state index contributed by atoms with van der Waals surface area (Å²) in [5.74, 6) is -1.58. The Morgan fingerprint density at radius 1 is 1.38 bits per heavy atom. The lowest BCUT2D eigenvalue weighted by Gasteiger charge is -2.38. The van der Waals surface area contributed by atoms with Crippen LogP contribution in [0.3, 0.4) is 0 Å². The highest BCUT2D eigenvalue weighted by Crippen LogP contribution is 2.31. The number of hydrogen-bond acceptors (Lipinski definition) is 5. The van der Waals surface area contributed by atoms with E-state index in [2.05, 4.69) is 10.1 Å². The van der Waals surface area contributed by atoms with Gasteiger partial charge in [-0.05, 0) is 19.3 Å². The summed E-state index contributed by atoms with van der Waals surface area (Å²) in [6.45, 7) is -0.221. The van der Waals surface area contributed by atoms with Crippen molar-refractivity contribution in [3.63, 3.8) is 0 Å². The van der Waals surface area contributed by atoms with E-state index < -0.39 is 23.5 Å². The summed E-state index contributed by atoms with van der Waals surface area (Å²) in [5, 5.41) is 13.5. The molecule has 0 aromatic rings. The van der Waals surface area contributed by atoms with Crippen molar-refractivity contribution in [3.8, 4) is 0 Å². The molecule has 7 heteroatoms. The van der Waals surface area contributed by atoms with E-state index in [0.717, 1.165) is 13.5 Å². The average molecular weight is 230 g/mol.